The molecule has 0 N–H and O–H groups in total. The van der Waals surface area contributed by atoms with Gasteiger partial charge in [0.05, 0.1) is 5.69 Å². The average molecular weight is 327 g/mol. The number of hydrogen-bond donors (Lipinski definition) is 0. The lowest BCUT2D eigenvalue weighted by atomic mass is 10.1. The van der Waals surface area contributed by atoms with Gasteiger partial charge in [-0.15, -0.1) is 0 Å². The molecule has 1 heterocycles. The summed E-state index contributed by atoms with van der Waals surface area (Å²) in [6, 6.07) is 8.18. The zero-order valence-corrected chi connectivity index (χ0v) is 11.6. The maximum Gasteiger partial charge on any atom is 0.226 e. The highest BCUT2D eigenvalue weighted by atomic mass is 127. The summed E-state index contributed by atoms with van der Waals surface area (Å²) in [5.41, 5.74) is 3.36. The predicted molar refractivity (Wildman–Crippen MR) is 73.8 cm³/mol. The van der Waals surface area contributed by atoms with Crippen LogP contribution < -0.4 is 0 Å². The summed E-state index contributed by atoms with van der Waals surface area (Å²) in [6.45, 7) is 4.17. The van der Waals surface area contributed by atoms with Gasteiger partial charge in [-0.3, -0.25) is 0 Å². The Hall–Kier alpha value is -0.840. The third kappa shape index (κ3) is 2.14. The molecule has 1 aromatic carbocycles. The van der Waals surface area contributed by atoms with Crippen LogP contribution in [0.1, 0.15) is 23.9 Å². The first-order valence-electron chi connectivity index (χ1n) is 5.36. The molecular weight excluding hydrogens is 313 g/mol. The fourth-order valence-electron chi connectivity index (χ4n) is 1.69. The van der Waals surface area contributed by atoms with Gasteiger partial charge in [-0.1, -0.05) is 47.7 Å². The molecule has 3 heteroatoms. The fraction of sp³-hybridized carbons (Fsp3) is 0.308. The van der Waals surface area contributed by atoms with Crippen molar-refractivity contribution in [3.05, 3.63) is 41.3 Å². The molecule has 0 fully saturated rings. The summed E-state index contributed by atoms with van der Waals surface area (Å²) >= 11 is 2.32. The molecule has 2 aromatic rings. The Morgan fingerprint density at radius 3 is 2.62 bits per heavy atom. The highest BCUT2D eigenvalue weighted by molar-refractivity contribution is 14.1. The number of nitrogens with zero attached hydrogens (tertiary/aromatic N) is 1. The van der Waals surface area contributed by atoms with Crippen LogP contribution in [-0.4, -0.2) is 4.98 Å². The van der Waals surface area contributed by atoms with Crippen LogP contribution in [0.25, 0.3) is 11.5 Å². The zero-order chi connectivity index (χ0) is 11.5. The molecule has 0 atom stereocenters. The standard InChI is InChI=1S/C13H14INO/c1-3-12-11(8-14)15-13(16-12)10-7-5-4-6-9(10)2/h4-7H,3,8H2,1-2H3. The van der Waals surface area contributed by atoms with E-state index in [4.69, 9.17) is 4.42 Å². The molecule has 0 saturated heterocycles. The number of alkyl halides is 1. The van der Waals surface area contributed by atoms with Crippen LogP contribution in [0.3, 0.4) is 0 Å². The third-order valence-electron chi connectivity index (χ3n) is 2.60. The molecule has 84 valence electrons. The van der Waals surface area contributed by atoms with E-state index >= 15 is 0 Å². The Balaban J connectivity index is 2.49. The van der Waals surface area contributed by atoms with Crippen molar-refractivity contribution in [3.63, 3.8) is 0 Å². The Kier molecular flexibility index (Phi) is 3.63. The molecule has 0 spiro atoms. The second-order valence-corrected chi connectivity index (χ2v) is 4.45. The fourth-order valence-corrected chi connectivity index (χ4v) is 2.29. The summed E-state index contributed by atoms with van der Waals surface area (Å²) in [7, 11) is 0. The SMILES string of the molecule is CCc1oc(-c2ccccc2C)nc1CI. The minimum atomic E-state index is 0.751. The van der Waals surface area contributed by atoms with E-state index < -0.39 is 0 Å². The smallest absolute Gasteiger partial charge is 0.226 e. The van der Waals surface area contributed by atoms with Crippen LogP contribution >= 0.6 is 22.6 Å². The Labute approximate surface area is 109 Å². The van der Waals surface area contributed by atoms with E-state index in [0.717, 1.165) is 33.8 Å². The van der Waals surface area contributed by atoms with E-state index in [1.807, 2.05) is 12.1 Å². The van der Waals surface area contributed by atoms with E-state index in [0.29, 0.717) is 0 Å². The number of aryl methyl sites for hydroxylation is 2. The molecule has 2 rings (SSSR count). The Morgan fingerprint density at radius 2 is 2.06 bits per heavy atom. The molecule has 0 aliphatic heterocycles. The first-order valence-corrected chi connectivity index (χ1v) is 6.89. The molecule has 0 bridgehead atoms. The normalized spacial score (nSPS) is 10.7. The topological polar surface area (TPSA) is 26.0 Å². The van der Waals surface area contributed by atoms with Crippen molar-refractivity contribution in [2.45, 2.75) is 24.7 Å². The van der Waals surface area contributed by atoms with E-state index in [1.54, 1.807) is 0 Å². The summed E-state index contributed by atoms with van der Waals surface area (Å²) in [5, 5.41) is 0. The predicted octanol–water partition coefficient (Wildman–Crippen LogP) is 4.15. The van der Waals surface area contributed by atoms with Crippen LogP contribution in [0.4, 0.5) is 0 Å². The van der Waals surface area contributed by atoms with Gasteiger partial charge in [0, 0.05) is 16.4 Å². The lowest BCUT2D eigenvalue weighted by Crippen LogP contribution is -1.84. The van der Waals surface area contributed by atoms with Crippen molar-refractivity contribution >= 4 is 22.6 Å². The van der Waals surface area contributed by atoms with E-state index in [2.05, 4.69) is 53.6 Å². The molecule has 0 radical (unpaired) electrons. The number of rotatable bonds is 3. The lowest BCUT2D eigenvalue weighted by molar-refractivity contribution is 0.522. The maximum atomic E-state index is 5.81. The first kappa shape index (κ1) is 11.6. The highest BCUT2D eigenvalue weighted by Gasteiger charge is 2.13. The van der Waals surface area contributed by atoms with Gasteiger partial charge in [-0.05, 0) is 18.6 Å². The third-order valence-corrected chi connectivity index (χ3v) is 3.32. The summed E-state index contributed by atoms with van der Waals surface area (Å²) in [5.74, 6) is 1.76. The molecule has 0 amide bonds. The van der Waals surface area contributed by atoms with Gasteiger partial charge in [-0.25, -0.2) is 4.98 Å². The van der Waals surface area contributed by atoms with Crippen molar-refractivity contribution in [1.29, 1.82) is 0 Å². The van der Waals surface area contributed by atoms with E-state index in [9.17, 15) is 0 Å². The molecule has 0 unspecified atom stereocenters. The number of oxazole rings is 1. The number of benzene rings is 1. The molecule has 0 aliphatic rings. The maximum absolute atomic E-state index is 5.81. The van der Waals surface area contributed by atoms with Crippen LogP contribution in [0.5, 0.6) is 0 Å². The highest BCUT2D eigenvalue weighted by Crippen LogP contribution is 2.26. The van der Waals surface area contributed by atoms with Crippen molar-refractivity contribution < 1.29 is 4.42 Å². The number of hydrogen-bond acceptors (Lipinski definition) is 2. The van der Waals surface area contributed by atoms with Gasteiger partial charge in [0.15, 0.2) is 0 Å². The molecular formula is C13H14INO. The Bertz CT molecular complexity index is 469. The number of halogens is 1. The van der Waals surface area contributed by atoms with Gasteiger partial charge in [0.1, 0.15) is 5.76 Å². The van der Waals surface area contributed by atoms with Gasteiger partial charge in [0.25, 0.3) is 0 Å². The summed E-state index contributed by atoms with van der Waals surface area (Å²) in [6.07, 6.45) is 0.900. The van der Waals surface area contributed by atoms with E-state index in [-0.39, 0.29) is 0 Å². The zero-order valence-electron chi connectivity index (χ0n) is 9.46. The molecule has 1 aromatic heterocycles. The van der Waals surface area contributed by atoms with Crippen LogP contribution in [0, 0.1) is 6.92 Å². The van der Waals surface area contributed by atoms with Gasteiger partial charge in [0.2, 0.25) is 5.89 Å². The molecule has 2 nitrogen and oxygen atoms in total. The second kappa shape index (κ2) is 4.99. The van der Waals surface area contributed by atoms with Crippen LogP contribution in [0.15, 0.2) is 28.7 Å². The van der Waals surface area contributed by atoms with E-state index in [1.165, 1.54) is 5.56 Å². The van der Waals surface area contributed by atoms with Gasteiger partial charge in [-0.2, -0.15) is 0 Å². The molecule has 16 heavy (non-hydrogen) atoms. The Morgan fingerprint density at radius 1 is 1.31 bits per heavy atom. The summed E-state index contributed by atoms with van der Waals surface area (Å²) in [4.78, 5) is 4.56. The minimum Gasteiger partial charge on any atom is -0.441 e. The van der Waals surface area contributed by atoms with Gasteiger partial charge >= 0.3 is 0 Å². The van der Waals surface area contributed by atoms with Crippen molar-refractivity contribution in [2.75, 3.05) is 0 Å². The number of aromatic nitrogens is 1. The molecule has 0 saturated carbocycles. The monoisotopic (exact) mass is 327 g/mol. The minimum absolute atomic E-state index is 0.751. The summed E-state index contributed by atoms with van der Waals surface area (Å²) < 4.78 is 6.70. The average Bonchev–Trinajstić information content (AvgIpc) is 2.72. The van der Waals surface area contributed by atoms with Gasteiger partial charge < -0.3 is 4.42 Å². The molecule has 0 aliphatic carbocycles. The van der Waals surface area contributed by atoms with Crippen molar-refractivity contribution in [1.82, 2.24) is 4.98 Å². The van der Waals surface area contributed by atoms with Crippen molar-refractivity contribution in [3.8, 4) is 11.5 Å². The quantitative estimate of drug-likeness (QED) is 0.625. The van der Waals surface area contributed by atoms with Crippen LogP contribution in [0.2, 0.25) is 0 Å². The van der Waals surface area contributed by atoms with Crippen molar-refractivity contribution in [2.24, 2.45) is 0 Å². The second-order valence-electron chi connectivity index (χ2n) is 3.69. The largest absolute Gasteiger partial charge is 0.441 e. The van der Waals surface area contributed by atoms with Crippen LogP contribution in [-0.2, 0) is 10.8 Å². The first-order chi connectivity index (χ1) is 7.76. The lowest BCUT2D eigenvalue weighted by Gasteiger charge is -1.99.